The minimum absolute atomic E-state index is 0.336. The van der Waals surface area contributed by atoms with E-state index in [2.05, 4.69) is 17.2 Å². The van der Waals surface area contributed by atoms with Crippen molar-refractivity contribution in [2.45, 2.75) is 51.7 Å². The quantitative estimate of drug-likeness (QED) is 0.751. The molecule has 1 unspecified atom stereocenters. The Morgan fingerprint density at radius 1 is 1.15 bits per heavy atom. The molecule has 0 bridgehead atoms. The van der Waals surface area contributed by atoms with E-state index in [4.69, 9.17) is 0 Å². The molecule has 1 aromatic heterocycles. The molecule has 0 aliphatic heterocycles. The van der Waals surface area contributed by atoms with Crippen LogP contribution in [0.3, 0.4) is 0 Å². The van der Waals surface area contributed by atoms with Crippen LogP contribution in [0.25, 0.3) is 11.3 Å². The molecule has 1 aromatic carbocycles. The fourth-order valence-corrected chi connectivity index (χ4v) is 2.24. The second-order valence-corrected chi connectivity index (χ2v) is 5.20. The molecule has 108 valence electrons. The zero-order chi connectivity index (χ0) is 14.2. The first-order valence-electron chi connectivity index (χ1n) is 7.43. The summed E-state index contributed by atoms with van der Waals surface area (Å²) in [6.45, 7) is 2.71. The third-order valence-corrected chi connectivity index (χ3v) is 3.40. The lowest BCUT2D eigenvalue weighted by Crippen LogP contribution is -2.16. The van der Waals surface area contributed by atoms with Gasteiger partial charge >= 0.3 is 0 Å². The standard InChI is InChI=1S/C16H23N3O/c1-2-3-4-8-11-15(20)12-19-13-16(17-18-19)14-9-6-5-7-10-14/h5-7,9-10,13,15,20H,2-4,8,11-12H2,1H3. The second kappa shape index (κ2) is 7.80. The molecule has 0 saturated carbocycles. The predicted octanol–water partition coefficient (Wildman–Crippen LogP) is 3.28. The Bertz CT molecular complexity index is 495. The van der Waals surface area contributed by atoms with Gasteiger partial charge in [-0.25, -0.2) is 4.68 Å². The van der Waals surface area contributed by atoms with Crippen molar-refractivity contribution in [2.75, 3.05) is 0 Å². The van der Waals surface area contributed by atoms with Gasteiger partial charge in [0.2, 0.25) is 0 Å². The number of unbranched alkanes of at least 4 members (excludes halogenated alkanes) is 3. The number of benzene rings is 1. The molecular weight excluding hydrogens is 250 g/mol. The zero-order valence-corrected chi connectivity index (χ0v) is 12.1. The molecule has 0 spiro atoms. The summed E-state index contributed by atoms with van der Waals surface area (Å²) < 4.78 is 1.73. The van der Waals surface area contributed by atoms with E-state index < -0.39 is 0 Å². The Morgan fingerprint density at radius 3 is 2.70 bits per heavy atom. The summed E-state index contributed by atoms with van der Waals surface area (Å²) in [7, 11) is 0. The Balaban J connectivity index is 1.83. The molecule has 20 heavy (non-hydrogen) atoms. The lowest BCUT2D eigenvalue weighted by molar-refractivity contribution is 0.135. The summed E-state index contributed by atoms with van der Waals surface area (Å²) in [4.78, 5) is 0. The number of aliphatic hydroxyl groups is 1. The van der Waals surface area contributed by atoms with Crippen molar-refractivity contribution >= 4 is 0 Å². The topological polar surface area (TPSA) is 50.9 Å². The first-order chi connectivity index (χ1) is 9.79. The van der Waals surface area contributed by atoms with Crippen LogP contribution in [0, 0.1) is 0 Å². The molecule has 0 amide bonds. The maximum Gasteiger partial charge on any atom is 0.113 e. The number of aromatic nitrogens is 3. The highest BCUT2D eigenvalue weighted by molar-refractivity contribution is 5.57. The molecule has 0 saturated heterocycles. The molecule has 0 aliphatic rings. The SMILES string of the molecule is CCCCCCC(O)Cn1cc(-c2ccccc2)nn1. The molecule has 1 atom stereocenters. The average molecular weight is 273 g/mol. The van der Waals surface area contributed by atoms with Gasteiger partial charge in [-0.3, -0.25) is 0 Å². The van der Waals surface area contributed by atoms with E-state index in [1.807, 2.05) is 36.5 Å². The van der Waals surface area contributed by atoms with Gasteiger partial charge in [-0.15, -0.1) is 5.10 Å². The van der Waals surface area contributed by atoms with Crippen LogP contribution in [0.1, 0.15) is 39.0 Å². The fourth-order valence-electron chi connectivity index (χ4n) is 2.24. The van der Waals surface area contributed by atoms with E-state index in [0.29, 0.717) is 6.54 Å². The van der Waals surface area contributed by atoms with Gasteiger partial charge in [-0.05, 0) is 6.42 Å². The van der Waals surface area contributed by atoms with Crippen LogP contribution >= 0.6 is 0 Å². The Kier molecular flexibility index (Phi) is 5.74. The summed E-state index contributed by atoms with van der Waals surface area (Å²) in [5, 5.41) is 18.2. The lowest BCUT2D eigenvalue weighted by Gasteiger charge is -2.09. The third kappa shape index (κ3) is 4.46. The largest absolute Gasteiger partial charge is 0.391 e. The first kappa shape index (κ1) is 14.7. The Labute approximate surface area is 120 Å². The molecule has 0 fully saturated rings. The van der Waals surface area contributed by atoms with Crippen molar-refractivity contribution in [2.24, 2.45) is 0 Å². The van der Waals surface area contributed by atoms with Crippen LogP contribution in [0.2, 0.25) is 0 Å². The molecular formula is C16H23N3O. The highest BCUT2D eigenvalue weighted by atomic mass is 16.3. The average Bonchev–Trinajstić information content (AvgIpc) is 2.93. The van der Waals surface area contributed by atoms with Crippen LogP contribution in [-0.2, 0) is 6.54 Å². The maximum absolute atomic E-state index is 9.99. The molecule has 0 aliphatic carbocycles. The first-order valence-corrected chi connectivity index (χ1v) is 7.43. The summed E-state index contributed by atoms with van der Waals surface area (Å²) >= 11 is 0. The van der Waals surface area contributed by atoms with Gasteiger partial charge in [0.15, 0.2) is 0 Å². The molecule has 0 radical (unpaired) electrons. The molecule has 1 heterocycles. The normalized spacial score (nSPS) is 12.5. The van der Waals surface area contributed by atoms with Gasteiger partial charge < -0.3 is 5.11 Å². The van der Waals surface area contributed by atoms with Crippen molar-refractivity contribution in [3.05, 3.63) is 36.5 Å². The summed E-state index contributed by atoms with van der Waals surface area (Å²) in [5.74, 6) is 0. The molecule has 4 nitrogen and oxygen atoms in total. The van der Waals surface area contributed by atoms with E-state index >= 15 is 0 Å². The summed E-state index contributed by atoms with van der Waals surface area (Å²) in [6.07, 6.45) is 7.13. The third-order valence-electron chi connectivity index (χ3n) is 3.40. The number of aliphatic hydroxyl groups excluding tert-OH is 1. The van der Waals surface area contributed by atoms with Crippen LogP contribution in [0.5, 0.6) is 0 Å². The number of nitrogens with zero attached hydrogens (tertiary/aromatic N) is 3. The molecule has 2 rings (SSSR count). The number of rotatable bonds is 8. The zero-order valence-electron chi connectivity index (χ0n) is 12.1. The van der Waals surface area contributed by atoms with Gasteiger partial charge in [0.1, 0.15) is 5.69 Å². The minimum atomic E-state index is -0.336. The number of hydrogen-bond acceptors (Lipinski definition) is 3. The van der Waals surface area contributed by atoms with E-state index in [-0.39, 0.29) is 6.10 Å². The minimum Gasteiger partial charge on any atom is -0.391 e. The van der Waals surface area contributed by atoms with Crippen LogP contribution in [0.15, 0.2) is 36.5 Å². The smallest absolute Gasteiger partial charge is 0.113 e. The highest BCUT2D eigenvalue weighted by Gasteiger charge is 2.08. The summed E-state index contributed by atoms with van der Waals surface area (Å²) in [5.41, 5.74) is 1.90. The monoisotopic (exact) mass is 273 g/mol. The van der Waals surface area contributed by atoms with Crippen molar-refractivity contribution in [3.8, 4) is 11.3 Å². The Hall–Kier alpha value is -1.68. The Morgan fingerprint density at radius 2 is 1.95 bits per heavy atom. The van der Waals surface area contributed by atoms with Gasteiger partial charge in [0.05, 0.1) is 18.8 Å². The van der Waals surface area contributed by atoms with Gasteiger partial charge in [-0.2, -0.15) is 0 Å². The molecule has 1 N–H and O–H groups in total. The van der Waals surface area contributed by atoms with Gasteiger partial charge in [-0.1, -0.05) is 68.2 Å². The van der Waals surface area contributed by atoms with E-state index in [9.17, 15) is 5.11 Å². The number of hydrogen-bond donors (Lipinski definition) is 1. The lowest BCUT2D eigenvalue weighted by atomic mass is 10.1. The van der Waals surface area contributed by atoms with Gasteiger partial charge in [0.25, 0.3) is 0 Å². The molecule has 2 aromatic rings. The molecule has 4 heteroatoms. The van der Waals surface area contributed by atoms with E-state index in [0.717, 1.165) is 24.1 Å². The second-order valence-electron chi connectivity index (χ2n) is 5.20. The van der Waals surface area contributed by atoms with Crippen LogP contribution < -0.4 is 0 Å². The summed E-state index contributed by atoms with van der Waals surface area (Å²) in [6, 6.07) is 9.97. The van der Waals surface area contributed by atoms with Gasteiger partial charge in [0, 0.05) is 5.56 Å². The highest BCUT2D eigenvalue weighted by Crippen LogP contribution is 2.15. The van der Waals surface area contributed by atoms with Crippen molar-refractivity contribution in [3.63, 3.8) is 0 Å². The predicted molar refractivity (Wildman–Crippen MR) is 80.2 cm³/mol. The maximum atomic E-state index is 9.99. The fraction of sp³-hybridized carbons (Fsp3) is 0.500. The van der Waals surface area contributed by atoms with Crippen molar-refractivity contribution in [1.82, 2.24) is 15.0 Å². The van der Waals surface area contributed by atoms with E-state index in [1.54, 1.807) is 4.68 Å². The van der Waals surface area contributed by atoms with Crippen LogP contribution in [0.4, 0.5) is 0 Å². The van der Waals surface area contributed by atoms with Crippen molar-refractivity contribution in [1.29, 1.82) is 0 Å². The van der Waals surface area contributed by atoms with Crippen LogP contribution in [-0.4, -0.2) is 26.2 Å². The van der Waals surface area contributed by atoms with Crippen molar-refractivity contribution < 1.29 is 5.11 Å². The van der Waals surface area contributed by atoms with E-state index in [1.165, 1.54) is 19.3 Å².